The molecule has 1 saturated heterocycles. The molecule has 3 aromatic carbocycles. The number of ether oxygens (including phenoxy) is 1. The van der Waals surface area contributed by atoms with Crippen LogP contribution in [0.1, 0.15) is 12.5 Å². The number of hydrogen-bond donors (Lipinski definition) is 1. The molecule has 3 atom stereocenters. The van der Waals surface area contributed by atoms with Crippen LogP contribution >= 0.6 is 23.5 Å². The first-order chi connectivity index (χ1) is 15.6. The van der Waals surface area contributed by atoms with Gasteiger partial charge in [0.25, 0.3) is 0 Å². The van der Waals surface area contributed by atoms with Crippen molar-refractivity contribution >= 4 is 29.4 Å². The smallest absolute Gasteiger partial charge is 0.231 e. The fraction of sp³-hybridized carbons (Fsp3) is 0.269. The van der Waals surface area contributed by atoms with Crippen molar-refractivity contribution < 1.29 is 14.6 Å². The molecule has 1 aliphatic heterocycles. The van der Waals surface area contributed by atoms with E-state index in [2.05, 4.69) is 24.3 Å². The van der Waals surface area contributed by atoms with E-state index < -0.39 is 12.0 Å². The largest absolute Gasteiger partial charge is 0.497 e. The van der Waals surface area contributed by atoms with E-state index in [9.17, 15) is 9.90 Å². The van der Waals surface area contributed by atoms with Gasteiger partial charge in [0.15, 0.2) is 0 Å². The monoisotopic (exact) mass is 465 g/mol. The van der Waals surface area contributed by atoms with Crippen LogP contribution in [0.15, 0.2) is 94.7 Å². The number of hydrogen-bond acceptors (Lipinski definition) is 5. The Balaban J connectivity index is 1.62. The Kier molecular flexibility index (Phi) is 7.45. The molecule has 4 rings (SSSR count). The topological polar surface area (TPSA) is 49.8 Å². The number of nitrogens with zero attached hydrogens (tertiary/aromatic N) is 1. The van der Waals surface area contributed by atoms with Crippen LogP contribution in [0.2, 0.25) is 0 Å². The first kappa shape index (κ1) is 22.8. The van der Waals surface area contributed by atoms with Crippen molar-refractivity contribution in [1.29, 1.82) is 0 Å². The summed E-state index contributed by atoms with van der Waals surface area (Å²) in [5.74, 6) is 0.387. The zero-order valence-corrected chi connectivity index (χ0v) is 19.8. The van der Waals surface area contributed by atoms with Crippen LogP contribution < -0.4 is 4.74 Å². The second kappa shape index (κ2) is 10.5. The van der Waals surface area contributed by atoms with Crippen molar-refractivity contribution in [2.24, 2.45) is 5.92 Å². The molecule has 32 heavy (non-hydrogen) atoms. The number of benzene rings is 3. The summed E-state index contributed by atoms with van der Waals surface area (Å²) in [7, 11) is 1.64. The van der Waals surface area contributed by atoms with E-state index in [1.165, 1.54) is 0 Å². The minimum absolute atomic E-state index is 0.00754. The van der Waals surface area contributed by atoms with Gasteiger partial charge in [0.1, 0.15) is 5.75 Å². The molecule has 0 aliphatic carbocycles. The molecule has 0 unspecified atom stereocenters. The molecule has 1 fully saturated rings. The molecule has 1 heterocycles. The third-order valence-corrected chi connectivity index (χ3v) is 8.29. The molecular formula is C26H27NO3S2. The molecule has 6 heteroatoms. The van der Waals surface area contributed by atoms with Crippen molar-refractivity contribution in [2.75, 3.05) is 7.11 Å². The Hall–Kier alpha value is -2.41. The van der Waals surface area contributed by atoms with Crippen molar-refractivity contribution in [2.45, 2.75) is 40.0 Å². The highest BCUT2D eigenvalue weighted by molar-refractivity contribution is 8.17. The fourth-order valence-electron chi connectivity index (χ4n) is 3.94. The van der Waals surface area contributed by atoms with Gasteiger partial charge >= 0.3 is 0 Å². The van der Waals surface area contributed by atoms with Crippen LogP contribution in [0.25, 0.3) is 0 Å². The van der Waals surface area contributed by atoms with Crippen LogP contribution in [0, 0.1) is 5.92 Å². The number of aliphatic hydroxyl groups is 1. The maximum atomic E-state index is 13.1. The number of carbonyl (C=O) groups excluding carboxylic acids is 1. The van der Waals surface area contributed by atoms with E-state index in [0.29, 0.717) is 6.54 Å². The normalized spacial score (nSPS) is 19.0. The zero-order chi connectivity index (χ0) is 22.5. The lowest BCUT2D eigenvalue weighted by Gasteiger charge is -2.51. The fourth-order valence-corrected chi connectivity index (χ4v) is 6.88. The van der Waals surface area contributed by atoms with Gasteiger partial charge < -0.3 is 14.7 Å². The summed E-state index contributed by atoms with van der Waals surface area (Å²) >= 11 is 3.50. The first-order valence-electron chi connectivity index (χ1n) is 10.6. The molecule has 0 radical (unpaired) electrons. The van der Waals surface area contributed by atoms with E-state index >= 15 is 0 Å². The standard InChI is InChI=1S/C26H27NO3S2/c1-18(28)23-24(27(25(23)29)17-19-13-15-20(30-2)16-14-19)26(31-21-9-5-3-6-10-21)32-22-11-7-4-8-12-22/h3-16,18,23-24,26,28H,17H2,1-2H3/t18-,23+,24-/m0/s1. The summed E-state index contributed by atoms with van der Waals surface area (Å²) in [5, 5.41) is 10.5. The van der Waals surface area contributed by atoms with E-state index in [4.69, 9.17) is 4.74 Å². The summed E-state index contributed by atoms with van der Waals surface area (Å²) in [5.41, 5.74) is 1.04. The Labute approximate surface area is 198 Å². The lowest BCUT2D eigenvalue weighted by atomic mass is 9.83. The molecule has 3 aromatic rings. The quantitative estimate of drug-likeness (QED) is 0.264. The van der Waals surface area contributed by atoms with Gasteiger partial charge in [-0.3, -0.25) is 4.79 Å². The maximum absolute atomic E-state index is 13.1. The molecule has 0 spiro atoms. The molecule has 1 N–H and O–H groups in total. The summed E-state index contributed by atoms with van der Waals surface area (Å²) in [4.78, 5) is 17.3. The second-order valence-electron chi connectivity index (χ2n) is 7.80. The number of aliphatic hydroxyl groups excluding tert-OH is 1. The Morgan fingerprint density at radius 2 is 1.44 bits per heavy atom. The Morgan fingerprint density at radius 3 is 1.91 bits per heavy atom. The molecule has 4 nitrogen and oxygen atoms in total. The van der Waals surface area contributed by atoms with E-state index in [-0.39, 0.29) is 16.5 Å². The lowest BCUT2D eigenvalue weighted by Crippen LogP contribution is -2.66. The van der Waals surface area contributed by atoms with Gasteiger partial charge in [-0.2, -0.15) is 0 Å². The third-order valence-electron chi connectivity index (χ3n) is 5.60. The molecule has 0 aromatic heterocycles. The number of rotatable bonds is 9. The number of likely N-dealkylation sites (tertiary alicyclic amines) is 1. The molecule has 0 bridgehead atoms. The zero-order valence-electron chi connectivity index (χ0n) is 18.1. The highest BCUT2D eigenvalue weighted by Crippen LogP contribution is 2.46. The Bertz CT molecular complexity index is 971. The summed E-state index contributed by atoms with van der Waals surface area (Å²) in [6.45, 7) is 2.23. The van der Waals surface area contributed by atoms with Crippen molar-refractivity contribution in [1.82, 2.24) is 4.90 Å². The molecular weight excluding hydrogens is 438 g/mol. The lowest BCUT2D eigenvalue weighted by molar-refractivity contribution is -0.163. The maximum Gasteiger partial charge on any atom is 0.231 e. The first-order valence-corrected chi connectivity index (χ1v) is 12.4. The second-order valence-corrected chi connectivity index (χ2v) is 10.5. The predicted octanol–water partition coefficient (Wildman–Crippen LogP) is 5.31. The molecule has 1 aliphatic rings. The van der Waals surface area contributed by atoms with Gasteiger partial charge in [-0.05, 0) is 48.9 Å². The number of β-lactam (4-membered cyclic amide) rings is 1. The van der Waals surface area contributed by atoms with Gasteiger partial charge in [0, 0.05) is 16.3 Å². The summed E-state index contributed by atoms with van der Waals surface area (Å²) in [6.07, 6.45) is -0.699. The minimum Gasteiger partial charge on any atom is -0.497 e. The highest BCUT2D eigenvalue weighted by Gasteiger charge is 2.53. The highest BCUT2D eigenvalue weighted by atomic mass is 32.2. The van der Waals surface area contributed by atoms with Crippen molar-refractivity contribution in [3.05, 3.63) is 90.5 Å². The van der Waals surface area contributed by atoms with E-state index in [1.54, 1.807) is 37.6 Å². The predicted molar refractivity (Wildman–Crippen MR) is 131 cm³/mol. The number of carbonyl (C=O) groups is 1. The third kappa shape index (κ3) is 5.14. The number of methoxy groups -OCH3 is 1. The van der Waals surface area contributed by atoms with Crippen molar-refractivity contribution in [3.8, 4) is 5.75 Å². The summed E-state index contributed by atoms with van der Waals surface area (Å²) in [6, 6.07) is 28.2. The van der Waals surface area contributed by atoms with Gasteiger partial charge in [-0.1, -0.05) is 48.5 Å². The van der Waals surface area contributed by atoms with Crippen LogP contribution in [0.5, 0.6) is 5.75 Å². The van der Waals surface area contributed by atoms with Crippen LogP contribution in [-0.4, -0.2) is 39.8 Å². The van der Waals surface area contributed by atoms with Gasteiger partial charge in [0.2, 0.25) is 5.91 Å². The van der Waals surface area contributed by atoms with Crippen molar-refractivity contribution in [3.63, 3.8) is 0 Å². The van der Waals surface area contributed by atoms with Gasteiger partial charge in [-0.15, -0.1) is 23.5 Å². The van der Waals surface area contributed by atoms with Crippen LogP contribution in [0.4, 0.5) is 0 Å². The van der Waals surface area contributed by atoms with Gasteiger partial charge in [-0.25, -0.2) is 0 Å². The molecule has 0 saturated carbocycles. The Morgan fingerprint density at radius 1 is 0.906 bits per heavy atom. The van der Waals surface area contributed by atoms with Gasteiger partial charge in [0.05, 0.1) is 29.8 Å². The van der Waals surface area contributed by atoms with E-state index in [1.807, 2.05) is 65.6 Å². The average Bonchev–Trinajstić information content (AvgIpc) is 2.81. The molecule has 1 amide bonds. The number of thioether (sulfide) groups is 2. The minimum atomic E-state index is -0.699. The number of amides is 1. The van der Waals surface area contributed by atoms with Crippen LogP contribution in [-0.2, 0) is 11.3 Å². The van der Waals surface area contributed by atoms with Crippen LogP contribution in [0.3, 0.4) is 0 Å². The summed E-state index contributed by atoms with van der Waals surface area (Å²) < 4.78 is 5.29. The molecule has 166 valence electrons. The SMILES string of the molecule is COc1ccc(CN2C(=O)[C@H]([C@H](C)O)[C@H]2C(Sc2ccccc2)Sc2ccccc2)cc1. The average molecular weight is 466 g/mol. The van der Waals surface area contributed by atoms with E-state index in [0.717, 1.165) is 21.1 Å².